The molecule has 2 fully saturated rings. The van der Waals surface area contributed by atoms with Crippen LogP contribution in [0.25, 0.3) is 0 Å². The molecule has 0 aromatic carbocycles. The zero-order valence-electron chi connectivity index (χ0n) is 12.6. The summed E-state index contributed by atoms with van der Waals surface area (Å²) >= 11 is 0. The second kappa shape index (κ2) is 4.68. The van der Waals surface area contributed by atoms with Gasteiger partial charge in [0.1, 0.15) is 11.6 Å². The molecule has 1 aromatic rings. The number of fused-ring (bicyclic) bond motifs is 1. The molecule has 5 heteroatoms. The van der Waals surface area contributed by atoms with Crippen molar-refractivity contribution in [1.82, 2.24) is 15.3 Å². The van der Waals surface area contributed by atoms with Crippen LogP contribution >= 0.6 is 0 Å². The number of nitrogens with zero attached hydrogens (tertiary/aromatic N) is 3. The Balaban J connectivity index is 1.66. The molecular formula is C16H22N4O. The minimum absolute atomic E-state index is 0.178. The molecule has 1 spiro atoms. The average molecular weight is 286 g/mol. The minimum atomic E-state index is -0.178. The summed E-state index contributed by atoms with van der Waals surface area (Å²) in [5.41, 5.74) is 2.38. The van der Waals surface area contributed by atoms with Crippen molar-refractivity contribution in [3.63, 3.8) is 0 Å². The summed E-state index contributed by atoms with van der Waals surface area (Å²) in [6.45, 7) is 4.57. The summed E-state index contributed by atoms with van der Waals surface area (Å²) in [6, 6.07) is 0. The predicted molar refractivity (Wildman–Crippen MR) is 80.3 cm³/mol. The van der Waals surface area contributed by atoms with Crippen LogP contribution in [0, 0.1) is 12.3 Å². The SMILES string of the molecule is Cc1nc2c(c(N3CCC4(CCCNC4=O)C3)n1)CCC2. The van der Waals surface area contributed by atoms with E-state index in [1.54, 1.807) is 0 Å². The first-order valence-corrected chi connectivity index (χ1v) is 8.08. The maximum Gasteiger partial charge on any atom is 0.228 e. The Morgan fingerprint density at radius 1 is 1.19 bits per heavy atom. The number of hydrogen-bond acceptors (Lipinski definition) is 4. The number of piperidine rings is 1. The summed E-state index contributed by atoms with van der Waals surface area (Å²) in [5, 5.41) is 3.05. The first-order chi connectivity index (χ1) is 10.2. The van der Waals surface area contributed by atoms with Crippen LogP contribution < -0.4 is 10.2 Å². The molecule has 1 amide bonds. The van der Waals surface area contributed by atoms with Gasteiger partial charge in [0.15, 0.2) is 0 Å². The van der Waals surface area contributed by atoms with Crippen LogP contribution in [0.4, 0.5) is 5.82 Å². The van der Waals surface area contributed by atoms with Gasteiger partial charge in [-0.15, -0.1) is 0 Å². The van der Waals surface area contributed by atoms with Gasteiger partial charge in [0.25, 0.3) is 0 Å². The lowest BCUT2D eigenvalue weighted by Gasteiger charge is -2.32. The molecule has 21 heavy (non-hydrogen) atoms. The normalized spacial score (nSPS) is 28.0. The third kappa shape index (κ3) is 2.01. The number of nitrogens with one attached hydrogen (secondary N) is 1. The molecule has 1 aromatic heterocycles. The summed E-state index contributed by atoms with van der Waals surface area (Å²) in [4.78, 5) is 24.0. The second-order valence-electron chi connectivity index (χ2n) is 6.68. The number of aryl methyl sites for hydroxylation is 2. The number of rotatable bonds is 1. The Morgan fingerprint density at radius 2 is 2.10 bits per heavy atom. The van der Waals surface area contributed by atoms with Gasteiger partial charge in [-0.2, -0.15) is 0 Å². The van der Waals surface area contributed by atoms with Gasteiger partial charge in [0.05, 0.1) is 5.41 Å². The molecule has 3 heterocycles. The van der Waals surface area contributed by atoms with Crippen molar-refractivity contribution in [2.75, 3.05) is 24.5 Å². The van der Waals surface area contributed by atoms with E-state index in [0.29, 0.717) is 0 Å². The summed E-state index contributed by atoms with van der Waals surface area (Å²) in [5.74, 6) is 2.21. The van der Waals surface area contributed by atoms with E-state index in [1.807, 2.05) is 6.92 Å². The third-order valence-electron chi connectivity index (χ3n) is 5.28. The molecule has 4 rings (SSSR count). The van der Waals surface area contributed by atoms with E-state index in [-0.39, 0.29) is 11.3 Å². The molecule has 0 bridgehead atoms. The molecule has 112 valence electrons. The molecule has 1 atom stereocenters. The van der Waals surface area contributed by atoms with E-state index in [0.717, 1.165) is 63.4 Å². The lowest BCUT2D eigenvalue weighted by atomic mass is 9.79. The van der Waals surface area contributed by atoms with Gasteiger partial charge < -0.3 is 10.2 Å². The molecule has 1 N–H and O–H groups in total. The van der Waals surface area contributed by atoms with Gasteiger partial charge in [0, 0.05) is 30.9 Å². The molecule has 5 nitrogen and oxygen atoms in total. The molecule has 1 unspecified atom stereocenters. The van der Waals surface area contributed by atoms with Crippen molar-refractivity contribution < 1.29 is 4.79 Å². The van der Waals surface area contributed by atoms with Crippen molar-refractivity contribution >= 4 is 11.7 Å². The monoisotopic (exact) mass is 286 g/mol. The standard InChI is InChI=1S/C16H22N4O/c1-11-18-13-5-2-4-12(13)14(19-11)20-9-7-16(10-20)6-3-8-17-15(16)21/h2-10H2,1H3,(H,17,21). The Hall–Kier alpha value is -1.65. The zero-order valence-corrected chi connectivity index (χ0v) is 12.6. The van der Waals surface area contributed by atoms with E-state index in [1.165, 1.54) is 17.7 Å². The predicted octanol–water partition coefficient (Wildman–Crippen LogP) is 1.38. The number of aromatic nitrogens is 2. The second-order valence-corrected chi connectivity index (χ2v) is 6.68. The summed E-state index contributed by atoms with van der Waals surface area (Å²) in [6.07, 6.45) is 6.41. The highest BCUT2D eigenvalue weighted by atomic mass is 16.2. The van der Waals surface area contributed by atoms with E-state index in [4.69, 9.17) is 4.98 Å². The molecule has 3 aliphatic rings. The number of anilines is 1. The van der Waals surface area contributed by atoms with E-state index < -0.39 is 0 Å². The van der Waals surface area contributed by atoms with Gasteiger partial charge in [-0.05, 0) is 45.4 Å². The lowest BCUT2D eigenvalue weighted by molar-refractivity contribution is -0.132. The van der Waals surface area contributed by atoms with E-state index in [2.05, 4.69) is 15.2 Å². The molecule has 0 saturated carbocycles. The highest BCUT2D eigenvalue weighted by molar-refractivity contribution is 5.84. The van der Waals surface area contributed by atoms with Crippen LogP contribution in [0.15, 0.2) is 0 Å². The Morgan fingerprint density at radius 3 is 2.95 bits per heavy atom. The Bertz CT molecular complexity index is 600. The summed E-state index contributed by atoms with van der Waals surface area (Å²) in [7, 11) is 0. The number of hydrogen-bond donors (Lipinski definition) is 1. The fraction of sp³-hybridized carbons (Fsp3) is 0.688. The minimum Gasteiger partial charge on any atom is -0.356 e. The summed E-state index contributed by atoms with van der Waals surface area (Å²) < 4.78 is 0. The van der Waals surface area contributed by atoms with Gasteiger partial charge in [0.2, 0.25) is 5.91 Å². The van der Waals surface area contributed by atoms with Crippen molar-refractivity contribution in [3.8, 4) is 0 Å². The molecule has 1 aliphatic carbocycles. The largest absolute Gasteiger partial charge is 0.356 e. The Labute approximate surface area is 125 Å². The zero-order chi connectivity index (χ0) is 14.4. The first kappa shape index (κ1) is 13.0. The first-order valence-electron chi connectivity index (χ1n) is 8.08. The van der Waals surface area contributed by atoms with Gasteiger partial charge in [-0.3, -0.25) is 4.79 Å². The fourth-order valence-electron chi connectivity index (χ4n) is 4.17. The topological polar surface area (TPSA) is 58.1 Å². The van der Waals surface area contributed by atoms with E-state index >= 15 is 0 Å². The highest BCUT2D eigenvalue weighted by Gasteiger charge is 2.46. The van der Waals surface area contributed by atoms with Crippen LogP contribution in [-0.4, -0.2) is 35.5 Å². The molecule has 0 radical (unpaired) electrons. The Kier molecular flexibility index (Phi) is 2.91. The van der Waals surface area contributed by atoms with Crippen LogP contribution in [0.1, 0.15) is 42.8 Å². The maximum absolute atomic E-state index is 12.3. The van der Waals surface area contributed by atoms with Crippen molar-refractivity contribution in [2.24, 2.45) is 5.41 Å². The van der Waals surface area contributed by atoms with Gasteiger partial charge in [-0.1, -0.05) is 0 Å². The number of amides is 1. The van der Waals surface area contributed by atoms with Crippen molar-refractivity contribution in [2.45, 2.75) is 45.4 Å². The van der Waals surface area contributed by atoms with Crippen LogP contribution in [0.3, 0.4) is 0 Å². The van der Waals surface area contributed by atoms with Crippen LogP contribution in [0.2, 0.25) is 0 Å². The highest BCUT2D eigenvalue weighted by Crippen LogP contribution is 2.40. The molecular weight excluding hydrogens is 264 g/mol. The van der Waals surface area contributed by atoms with Crippen LogP contribution in [0.5, 0.6) is 0 Å². The number of carbonyl (C=O) groups excluding carboxylic acids is 1. The van der Waals surface area contributed by atoms with Crippen molar-refractivity contribution in [1.29, 1.82) is 0 Å². The molecule has 2 saturated heterocycles. The quantitative estimate of drug-likeness (QED) is 0.847. The average Bonchev–Trinajstić information content (AvgIpc) is 3.09. The smallest absolute Gasteiger partial charge is 0.228 e. The van der Waals surface area contributed by atoms with Crippen molar-refractivity contribution in [3.05, 3.63) is 17.1 Å². The van der Waals surface area contributed by atoms with E-state index in [9.17, 15) is 4.79 Å². The lowest BCUT2D eigenvalue weighted by Crippen LogP contribution is -2.47. The fourth-order valence-corrected chi connectivity index (χ4v) is 4.17. The maximum atomic E-state index is 12.3. The molecule has 2 aliphatic heterocycles. The van der Waals surface area contributed by atoms with Gasteiger partial charge in [-0.25, -0.2) is 9.97 Å². The third-order valence-corrected chi connectivity index (χ3v) is 5.28. The van der Waals surface area contributed by atoms with Crippen LogP contribution in [-0.2, 0) is 17.6 Å². The van der Waals surface area contributed by atoms with Gasteiger partial charge >= 0.3 is 0 Å². The number of carbonyl (C=O) groups is 1.